The molecule has 152 valence electrons. The zero-order chi connectivity index (χ0) is 18.6. The number of aliphatic hydroxyl groups excluding tert-OH is 2. The molecule has 0 spiro atoms. The standard InChI is InChI=1S/C17H36O8/c1-16(2)17(19)15-25-14-13-24-12-11-23-10-9-22-8-7-21-6-5-20-4-3-18/h16-19H,3-15H2,1-2H3. The minimum Gasteiger partial charge on any atom is -0.394 e. The van der Waals surface area contributed by atoms with Gasteiger partial charge in [0.15, 0.2) is 0 Å². The van der Waals surface area contributed by atoms with E-state index in [0.717, 1.165) is 0 Å². The highest BCUT2D eigenvalue weighted by molar-refractivity contribution is 4.57. The maximum atomic E-state index is 9.54. The zero-order valence-corrected chi connectivity index (χ0v) is 15.7. The van der Waals surface area contributed by atoms with Crippen LogP contribution in [0, 0.1) is 5.92 Å². The molecule has 0 amide bonds. The maximum absolute atomic E-state index is 9.54. The van der Waals surface area contributed by atoms with Gasteiger partial charge in [0, 0.05) is 0 Å². The van der Waals surface area contributed by atoms with E-state index in [1.54, 1.807) is 0 Å². The van der Waals surface area contributed by atoms with Gasteiger partial charge in [0.05, 0.1) is 92.0 Å². The van der Waals surface area contributed by atoms with Crippen LogP contribution in [0.1, 0.15) is 13.8 Å². The van der Waals surface area contributed by atoms with E-state index >= 15 is 0 Å². The van der Waals surface area contributed by atoms with Gasteiger partial charge in [-0.15, -0.1) is 0 Å². The van der Waals surface area contributed by atoms with Gasteiger partial charge in [-0.05, 0) is 5.92 Å². The smallest absolute Gasteiger partial charge is 0.0796 e. The molecule has 0 saturated carbocycles. The predicted molar refractivity (Wildman–Crippen MR) is 92.8 cm³/mol. The summed E-state index contributed by atoms with van der Waals surface area (Å²) in [5.74, 6) is 0.203. The van der Waals surface area contributed by atoms with E-state index in [1.807, 2.05) is 13.8 Å². The van der Waals surface area contributed by atoms with Crippen LogP contribution in [-0.4, -0.2) is 102 Å². The van der Waals surface area contributed by atoms with Gasteiger partial charge in [0.25, 0.3) is 0 Å². The van der Waals surface area contributed by atoms with Crippen molar-refractivity contribution in [2.24, 2.45) is 5.92 Å². The summed E-state index contributed by atoms with van der Waals surface area (Å²) in [5.41, 5.74) is 0. The van der Waals surface area contributed by atoms with Crippen LogP contribution >= 0.6 is 0 Å². The molecule has 8 heteroatoms. The average molecular weight is 368 g/mol. The molecule has 25 heavy (non-hydrogen) atoms. The van der Waals surface area contributed by atoms with Crippen molar-refractivity contribution in [2.45, 2.75) is 20.0 Å². The molecule has 0 fully saturated rings. The molecule has 0 aromatic carbocycles. The van der Waals surface area contributed by atoms with Crippen LogP contribution in [0.15, 0.2) is 0 Å². The zero-order valence-electron chi connectivity index (χ0n) is 15.7. The molecule has 1 unspecified atom stereocenters. The highest BCUT2D eigenvalue weighted by Gasteiger charge is 2.08. The fourth-order valence-corrected chi connectivity index (χ4v) is 1.56. The Morgan fingerprint density at radius 2 is 0.880 bits per heavy atom. The van der Waals surface area contributed by atoms with E-state index in [4.69, 9.17) is 33.5 Å². The van der Waals surface area contributed by atoms with Crippen LogP contribution in [0.25, 0.3) is 0 Å². The Morgan fingerprint density at radius 3 is 1.20 bits per heavy atom. The number of rotatable bonds is 20. The number of aliphatic hydroxyl groups is 2. The highest BCUT2D eigenvalue weighted by atomic mass is 16.6. The van der Waals surface area contributed by atoms with Crippen LogP contribution in [0.3, 0.4) is 0 Å². The van der Waals surface area contributed by atoms with E-state index in [2.05, 4.69) is 0 Å². The third-order valence-electron chi connectivity index (χ3n) is 3.15. The first-order valence-corrected chi connectivity index (χ1v) is 8.93. The topological polar surface area (TPSA) is 95.8 Å². The Bertz CT molecular complexity index is 253. The summed E-state index contributed by atoms with van der Waals surface area (Å²) in [4.78, 5) is 0. The summed E-state index contributed by atoms with van der Waals surface area (Å²) < 4.78 is 31.7. The SMILES string of the molecule is CC(C)C(O)COCCOCCOCCOCCOCCOCCO. The largest absolute Gasteiger partial charge is 0.394 e. The second-order valence-corrected chi connectivity index (χ2v) is 5.67. The first kappa shape index (κ1) is 24.7. The van der Waals surface area contributed by atoms with E-state index in [1.165, 1.54) is 0 Å². The van der Waals surface area contributed by atoms with Crippen molar-refractivity contribution in [3.05, 3.63) is 0 Å². The molecule has 0 aromatic heterocycles. The third kappa shape index (κ3) is 19.8. The molecule has 0 rings (SSSR count). The number of hydrogen-bond acceptors (Lipinski definition) is 8. The minimum absolute atomic E-state index is 0.0321. The van der Waals surface area contributed by atoms with Gasteiger partial charge >= 0.3 is 0 Å². The van der Waals surface area contributed by atoms with E-state index in [9.17, 15) is 5.11 Å². The highest BCUT2D eigenvalue weighted by Crippen LogP contribution is 2.00. The molecular weight excluding hydrogens is 332 g/mol. The predicted octanol–water partition coefficient (Wildman–Crippen LogP) is 0.0952. The van der Waals surface area contributed by atoms with Crippen molar-refractivity contribution < 1.29 is 38.6 Å². The molecule has 2 N–H and O–H groups in total. The fourth-order valence-electron chi connectivity index (χ4n) is 1.56. The van der Waals surface area contributed by atoms with Crippen molar-refractivity contribution >= 4 is 0 Å². The molecule has 0 aromatic rings. The molecule has 0 radical (unpaired) electrons. The van der Waals surface area contributed by atoms with Crippen molar-refractivity contribution in [1.82, 2.24) is 0 Å². The van der Waals surface area contributed by atoms with Crippen LogP contribution < -0.4 is 0 Å². The normalized spacial score (nSPS) is 12.8. The molecule has 0 bridgehead atoms. The van der Waals surface area contributed by atoms with Crippen LogP contribution in [0.5, 0.6) is 0 Å². The van der Waals surface area contributed by atoms with Crippen molar-refractivity contribution in [1.29, 1.82) is 0 Å². The monoisotopic (exact) mass is 368 g/mol. The molecule has 0 aliphatic heterocycles. The summed E-state index contributed by atoms with van der Waals surface area (Å²) in [7, 11) is 0. The van der Waals surface area contributed by atoms with Gasteiger partial charge in [-0.25, -0.2) is 0 Å². The first-order chi connectivity index (χ1) is 12.2. The third-order valence-corrected chi connectivity index (χ3v) is 3.15. The lowest BCUT2D eigenvalue weighted by Gasteiger charge is -2.14. The molecule has 0 aliphatic rings. The molecule has 0 aliphatic carbocycles. The Balaban J connectivity index is 3.03. The molecule has 0 heterocycles. The summed E-state index contributed by atoms with van der Waals surface area (Å²) in [6.45, 7) is 9.63. The van der Waals surface area contributed by atoms with Gasteiger partial charge in [-0.1, -0.05) is 13.8 Å². The lowest BCUT2D eigenvalue weighted by Crippen LogP contribution is -2.22. The Kier molecular flexibility index (Phi) is 19.7. The molecular formula is C17H36O8. The second-order valence-electron chi connectivity index (χ2n) is 5.67. The van der Waals surface area contributed by atoms with E-state index < -0.39 is 6.10 Å². The second kappa shape index (κ2) is 20.0. The maximum Gasteiger partial charge on any atom is 0.0796 e. The average Bonchev–Trinajstić information content (AvgIpc) is 2.60. The van der Waals surface area contributed by atoms with Gasteiger partial charge in [0.2, 0.25) is 0 Å². The van der Waals surface area contributed by atoms with Crippen LogP contribution in [0.2, 0.25) is 0 Å². The quantitative estimate of drug-likeness (QED) is 0.292. The molecule has 1 atom stereocenters. The van der Waals surface area contributed by atoms with E-state index in [0.29, 0.717) is 79.3 Å². The van der Waals surface area contributed by atoms with Crippen molar-refractivity contribution in [2.75, 3.05) is 85.9 Å². The van der Waals surface area contributed by atoms with Crippen molar-refractivity contribution in [3.63, 3.8) is 0 Å². The fraction of sp³-hybridized carbons (Fsp3) is 1.00. The van der Waals surface area contributed by atoms with Gasteiger partial charge in [-0.2, -0.15) is 0 Å². The summed E-state index contributed by atoms with van der Waals surface area (Å²) in [6, 6.07) is 0. The van der Waals surface area contributed by atoms with E-state index in [-0.39, 0.29) is 12.5 Å². The van der Waals surface area contributed by atoms with Gasteiger partial charge in [0.1, 0.15) is 0 Å². The molecule has 8 nitrogen and oxygen atoms in total. The summed E-state index contributed by atoms with van der Waals surface area (Å²) >= 11 is 0. The van der Waals surface area contributed by atoms with Crippen LogP contribution in [-0.2, 0) is 28.4 Å². The van der Waals surface area contributed by atoms with Crippen LogP contribution in [0.4, 0.5) is 0 Å². The lowest BCUT2D eigenvalue weighted by atomic mass is 10.1. The minimum atomic E-state index is -0.423. The number of ether oxygens (including phenoxy) is 6. The van der Waals surface area contributed by atoms with Gasteiger partial charge in [-0.3, -0.25) is 0 Å². The molecule has 0 saturated heterocycles. The lowest BCUT2D eigenvalue weighted by molar-refractivity contribution is -0.0292. The summed E-state index contributed by atoms with van der Waals surface area (Å²) in [6.07, 6.45) is -0.423. The van der Waals surface area contributed by atoms with Crippen molar-refractivity contribution in [3.8, 4) is 0 Å². The Morgan fingerprint density at radius 1 is 0.560 bits per heavy atom. The van der Waals surface area contributed by atoms with Gasteiger partial charge < -0.3 is 38.6 Å². The summed E-state index contributed by atoms with van der Waals surface area (Å²) in [5, 5.41) is 18.0. The first-order valence-electron chi connectivity index (χ1n) is 8.93. The Labute approximate surface area is 151 Å². The number of hydrogen-bond donors (Lipinski definition) is 2. The Hall–Kier alpha value is -0.320.